The van der Waals surface area contributed by atoms with Gasteiger partial charge in [-0.1, -0.05) is 18.2 Å². The second-order valence-corrected chi connectivity index (χ2v) is 8.69. The molecular formula is C21H28N2O5S. The molecule has 8 heteroatoms. The van der Waals surface area contributed by atoms with Crippen molar-refractivity contribution in [3.8, 4) is 11.5 Å². The molecule has 0 heterocycles. The summed E-state index contributed by atoms with van der Waals surface area (Å²) in [4.78, 5) is 12.4. The largest absolute Gasteiger partial charge is 0.494 e. The molecule has 0 radical (unpaired) electrons. The molecule has 0 unspecified atom stereocenters. The maximum atomic E-state index is 12.4. The molecular weight excluding hydrogens is 392 g/mol. The van der Waals surface area contributed by atoms with Gasteiger partial charge >= 0.3 is 0 Å². The summed E-state index contributed by atoms with van der Waals surface area (Å²) in [7, 11) is -3.64. The summed E-state index contributed by atoms with van der Waals surface area (Å²) in [6.45, 7) is 6.18. The van der Waals surface area contributed by atoms with E-state index in [-0.39, 0.29) is 19.2 Å². The van der Waals surface area contributed by atoms with Crippen LogP contribution in [0.25, 0.3) is 0 Å². The third-order valence-electron chi connectivity index (χ3n) is 3.89. The monoisotopic (exact) mass is 420 g/mol. The summed E-state index contributed by atoms with van der Waals surface area (Å²) in [6.07, 6.45) is 1.16. The number of nitrogens with one attached hydrogen (secondary N) is 1. The number of benzene rings is 2. The molecule has 0 aliphatic heterocycles. The highest BCUT2D eigenvalue weighted by Crippen LogP contribution is 2.23. The summed E-state index contributed by atoms with van der Waals surface area (Å²) in [5.41, 5.74) is 1.27. The van der Waals surface area contributed by atoms with Gasteiger partial charge in [-0.25, -0.2) is 8.42 Å². The predicted octanol–water partition coefficient (Wildman–Crippen LogP) is 2.95. The molecule has 1 N–H and O–H groups in total. The number of anilines is 1. The Balaban J connectivity index is 2.02. The van der Waals surface area contributed by atoms with Crippen LogP contribution in [0.3, 0.4) is 0 Å². The Morgan fingerprint density at radius 1 is 1.10 bits per heavy atom. The molecule has 0 aliphatic rings. The van der Waals surface area contributed by atoms with Crippen molar-refractivity contribution in [3.63, 3.8) is 0 Å². The summed E-state index contributed by atoms with van der Waals surface area (Å²) in [5.74, 6) is 0.898. The van der Waals surface area contributed by atoms with Crippen molar-refractivity contribution in [2.75, 3.05) is 23.7 Å². The van der Waals surface area contributed by atoms with Gasteiger partial charge in [-0.05, 0) is 50.6 Å². The highest BCUT2D eigenvalue weighted by Gasteiger charge is 2.21. The van der Waals surface area contributed by atoms with E-state index in [4.69, 9.17) is 9.47 Å². The first kappa shape index (κ1) is 22.5. The molecule has 1 amide bonds. The number of nitrogens with zero attached hydrogens (tertiary/aromatic N) is 1. The van der Waals surface area contributed by atoms with E-state index in [1.54, 1.807) is 24.3 Å². The second-order valence-electron chi connectivity index (χ2n) is 6.79. The lowest BCUT2D eigenvalue weighted by molar-refractivity contribution is -0.119. The Morgan fingerprint density at radius 2 is 1.79 bits per heavy atom. The van der Waals surface area contributed by atoms with Crippen molar-refractivity contribution < 1.29 is 22.7 Å². The number of hydrogen-bond acceptors (Lipinski definition) is 5. The van der Waals surface area contributed by atoms with Crippen LogP contribution in [-0.4, -0.2) is 39.8 Å². The quantitative estimate of drug-likeness (QED) is 0.639. The third kappa shape index (κ3) is 7.30. The van der Waals surface area contributed by atoms with Crippen molar-refractivity contribution in [1.82, 2.24) is 5.32 Å². The molecule has 0 aromatic heterocycles. The van der Waals surface area contributed by atoms with Crippen LogP contribution in [0.2, 0.25) is 0 Å². The van der Waals surface area contributed by atoms with E-state index in [1.807, 2.05) is 45.0 Å². The summed E-state index contributed by atoms with van der Waals surface area (Å²) in [5, 5.41) is 2.75. The normalized spacial score (nSPS) is 11.2. The van der Waals surface area contributed by atoms with Crippen molar-refractivity contribution in [2.45, 2.75) is 33.4 Å². The van der Waals surface area contributed by atoms with Gasteiger partial charge in [0.15, 0.2) is 0 Å². The minimum absolute atomic E-state index is 0.0868. The Labute approximate surface area is 172 Å². The summed E-state index contributed by atoms with van der Waals surface area (Å²) in [6, 6.07) is 14.1. The fraction of sp³-hybridized carbons (Fsp3) is 0.381. The van der Waals surface area contributed by atoms with Crippen LogP contribution < -0.4 is 19.1 Å². The van der Waals surface area contributed by atoms with Crippen LogP contribution in [0, 0.1) is 0 Å². The highest BCUT2D eigenvalue weighted by atomic mass is 32.2. The Morgan fingerprint density at radius 3 is 2.38 bits per heavy atom. The number of amides is 1. The van der Waals surface area contributed by atoms with Crippen molar-refractivity contribution >= 4 is 21.6 Å². The number of carbonyl (C=O) groups excluding carboxylic acids is 1. The van der Waals surface area contributed by atoms with Gasteiger partial charge in [0.1, 0.15) is 18.0 Å². The first-order valence-electron chi connectivity index (χ1n) is 9.42. The molecule has 0 bridgehead atoms. The van der Waals surface area contributed by atoms with Crippen LogP contribution in [0.5, 0.6) is 11.5 Å². The number of hydrogen-bond donors (Lipinski definition) is 1. The van der Waals surface area contributed by atoms with Gasteiger partial charge < -0.3 is 14.8 Å². The van der Waals surface area contributed by atoms with E-state index in [2.05, 4.69) is 5.32 Å². The number of rotatable bonds is 10. The van der Waals surface area contributed by atoms with Gasteiger partial charge in [0.2, 0.25) is 15.9 Å². The van der Waals surface area contributed by atoms with Gasteiger partial charge in [-0.3, -0.25) is 9.10 Å². The zero-order valence-corrected chi connectivity index (χ0v) is 18.0. The van der Waals surface area contributed by atoms with Gasteiger partial charge in [-0.2, -0.15) is 0 Å². The molecule has 2 rings (SSSR count). The van der Waals surface area contributed by atoms with E-state index in [9.17, 15) is 13.2 Å². The fourth-order valence-electron chi connectivity index (χ4n) is 2.64. The molecule has 158 valence electrons. The standard InChI is InChI=1S/C21H28N2O5S/c1-5-27-20-8-6-7-18(13-20)23(29(4,25)26)15-21(24)22-14-17-9-11-19(12-10-17)28-16(2)3/h6-13,16H,5,14-15H2,1-4H3,(H,22,24). The Hall–Kier alpha value is -2.74. The second kappa shape index (κ2) is 10.2. The maximum absolute atomic E-state index is 12.4. The molecule has 0 spiro atoms. The zero-order chi connectivity index (χ0) is 21.4. The van der Waals surface area contributed by atoms with Crippen LogP contribution in [0.4, 0.5) is 5.69 Å². The molecule has 0 atom stereocenters. The molecule has 0 saturated carbocycles. The molecule has 2 aromatic rings. The predicted molar refractivity (Wildman–Crippen MR) is 114 cm³/mol. The van der Waals surface area contributed by atoms with E-state index in [1.165, 1.54) is 0 Å². The van der Waals surface area contributed by atoms with Gasteiger partial charge in [0.25, 0.3) is 0 Å². The Kier molecular flexibility index (Phi) is 7.90. The van der Waals surface area contributed by atoms with E-state index in [0.717, 1.165) is 21.9 Å². The van der Waals surface area contributed by atoms with E-state index < -0.39 is 15.9 Å². The van der Waals surface area contributed by atoms with Gasteiger partial charge in [0.05, 0.1) is 24.7 Å². The van der Waals surface area contributed by atoms with Crippen molar-refractivity contribution in [3.05, 3.63) is 54.1 Å². The Bertz CT molecular complexity index is 911. The molecule has 29 heavy (non-hydrogen) atoms. The smallest absolute Gasteiger partial charge is 0.241 e. The lowest BCUT2D eigenvalue weighted by Crippen LogP contribution is -2.40. The number of sulfonamides is 1. The maximum Gasteiger partial charge on any atom is 0.241 e. The topological polar surface area (TPSA) is 84.9 Å². The number of carbonyl (C=O) groups is 1. The average Bonchev–Trinajstić information content (AvgIpc) is 2.65. The lowest BCUT2D eigenvalue weighted by atomic mass is 10.2. The molecule has 0 saturated heterocycles. The zero-order valence-electron chi connectivity index (χ0n) is 17.2. The third-order valence-corrected chi connectivity index (χ3v) is 5.03. The molecule has 7 nitrogen and oxygen atoms in total. The average molecular weight is 421 g/mol. The molecule has 2 aromatic carbocycles. The van der Waals surface area contributed by atoms with Gasteiger partial charge in [-0.15, -0.1) is 0 Å². The van der Waals surface area contributed by atoms with Crippen LogP contribution in [0.1, 0.15) is 26.3 Å². The van der Waals surface area contributed by atoms with E-state index >= 15 is 0 Å². The minimum Gasteiger partial charge on any atom is -0.494 e. The number of ether oxygens (including phenoxy) is 2. The SMILES string of the molecule is CCOc1cccc(N(CC(=O)NCc2ccc(OC(C)C)cc2)S(C)(=O)=O)c1. The minimum atomic E-state index is -3.64. The first-order valence-corrected chi connectivity index (χ1v) is 11.3. The van der Waals surface area contributed by atoms with Crippen LogP contribution in [0.15, 0.2) is 48.5 Å². The van der Waals surface area contributed by atoms with E-state index in [0.29, 0.717) is 18.0 Å². The first-order chi connectivity index (χ1) is 13.7. The lowest BCUT2D eigenvalue weighted by Gasteiger charge is -2.22. The van der Waals surface area contributed by atoms with Crippen LogP contribution >= 0.6 is 0 Å². The molecule has 0 fully saturated rings. The van der Waals surface area contributed by atoms with Gasteiger partial charge in [0, 0.05) is 12.6 Å². The van der Waals surface area contributed by atoms with Crippen molar-refractivity contribution in [2.24, 2.45) is 0 Å². The van der Waals surface area contributed by atoms with Crippen LogP contribution in [-0.2, 0) is 21.4 Å². The highest BCUT2D eigenvalue weighted by molar-refractivity contribution is 7.92. The van der Waals surface area contributed by atoms with Crippen molar-refractivity contribution in [1.29, 1.82) is 0 Å². The summed E-state index contributed by atoms with van der Waals surface area (Å²) >= 11 is 0. The fourth-order valence-corrected chi connectivity index (χ4v) is 3.49. The summed E-state index contributed by atoms with van der Waals surface area (Å²) < 4.78 is 36.5. The molecule has 0 aliphatic carbocycles.